The molecule has 2 aromatic heterocycles. The SMILES string of the molecule is COc1nccnc1N1CC[C@@H](N(C)C(=O)c2cccnc2)C1. The van der Waals surface area contributed by atoms with Crippen LogP contribution in [0.2, 0.25) is 0 Å². The van der Waals surface area contributed by atoms with Crippen LogP contribution >= 0.6 is 0 Å². The number of amides is 1. The molecular weight excluding hydrogens is 294 g/mol. The van der Waals surface area contributed by atoms with Gasteiger partial charge in [-0.2, -0.15) is 0 Å². The number of carbonyl (C=O) groups excluding carboxylic acids is 1. The molecule has 0 unspecified atom stereocenters. The summed E-state index contributed by atoms with van der Waals surface area (Å²) < 4.78 is 5.27. The van der Waals surface area contributed by atoms with E-state index in [-0.39, 0.29) is 11.9 Å². The molecule has 1 saturated heterocycles. The highest BCUT2D eigenvalue weighted by Crippen LogP contribution is 2.27. The van der Waals surface area contributed by atoms with E-state index >= 15 is 0 Å². The number of pyridine rings is 1. The molecule has 7 nitrogen and oxygen atoms in total. The van der Waals surface area contributed by atoms with E-state index in [1.54, 1.807) is 48.9 Å². The summed E-state index contributed by atoms with van der Waals surface area (Å²) in [5.74, 6) is 1.21. The molecule has 120 valence electrons. The predicted molar refractivity (Wildman–Crippen MR) is 85.5 cm³/mol. The molecule has 1 fully saturated rings. The maximum absolute atomic E-state index is 12.5. The molecular formula is C16H19N5O2. The highest BCUT2D eigenvalue weighted by molar-refractivity contribution is 5.94. The Balaban J connectivity index is 1.71. The fraction of sp³-hybridized carbons (Fsp3) is 0.375. The van der Waals surface area contributed by atoms with Crippen molar-refractivity contribution in [3.8, 4) is 5.88 Å². The lowest BCUT2D eigenvalue weighted by Crippen LogP contribution is -2.39. The molecule has 1 aliphatic rings. The first-order valence-electron chi connectivity index (χ1n) is 7.48. The molecule has 1 aliphatic heterocycles. The molecule has 3 heterocycles. The molecule has 0 radical (unpaired) electrons. The molecule has 0 aliphatic carbocycles. The van der Waals surface area contributed by atoms with Crippen LogP contribution in [0.3, 0.4) is 0 Å². The Labute approximate surface area is 134 Å². The molecule has 1 amide bonds. The van der Waals surface area contributed by atoms with Gasteiger partial charge >= 0.3 is 0 Å². The van der Waals surface area contributed by atoms with Gasteiger partial charge in [-0.1, -0.05) is 0 Å². The smallest absolute Gasteiger partial charge is 0.257 e. The van der Waals surface area contributed by atoms with Gasteiger partial charge in [0.2, 0.25) is 0 Å². The zero-order chi connectivity index (χ0) is 16.2. The Morgan fingerprint density at radius 1 is 1.35 bits per heavy atom. The fourth-order valence-electron chi connectivity index (χ4n) is 2.79. The van der Waals surface area contributed by atoms with Gasteiger partial charge in [-0.05, 0) is 18.6 Å². The van der Waals surface area contributed by atoms with Crippen LogP contribution in [0.15, 0.2) is 36.9 Å². The molecule has 23 heavy (non-hydrogen) atoms. The van der Waals surface area contributed by atoms with Crippen molar-refractivity contribution >= 4 is 11.7 Å². The number of methoxy groups -OCH3 is 1. The van der Waals surface area contributed by atoms with Crippen LogP contribution in [-0.2, 0) is 0 Å². The van der Waals surface area contributed by atoms with E-state index in [2.05, 4.69) is 19.9 Å². The summed E-state index contributed by atoms with van der Waals surface area (Å²) >= 11 is 0. The Hall–Kier alpha value is -2.70. The van der Waals surface area contributed by atoms with Gasteiger partial charge in [0, 0.05) is 44.9 Å². The summed E-state index contributed by atoms with van der Waals surface area (Å²) in [5.41, 5.74) is 0.602. The molecule has 7 heteroatoms. The summed E-state index contributed by atoms with van der Waals surface area (Å²) in [6.07, 6.45) is 7.39. The van der Waals surface area contributed by atoms with Gasteiger partial charge in [0.1, 0.15) is 0 Å². The van der Waals surface area contributed by atoms with E-state index < -0.39 is 0 Å². The third-order valence-electron chi connectivity index (χ3n) is 4.08. The maximum atomic E-state index is 12.5. The average Bonchev–Trinajstić information content (AvgIpc) is 3.11. The number of hydrogen-bond donors (Lipinski definition) is 0. The topological polar surface area (TPSA) is 71.5 Å². The average molecular weight is 313 g/mol. The lowest BCUT2D eigenvalue weighted by molar-refractivity contribution is 0.0744. The Morgan fingerprint density at radius 2 is 2.17 bits per heavy atom. The van der Waals surface area contributed by atoms with Crippen LogP contribution < -0.4 is 9.64 Å². The Kier molecular flexibility index (Phi) is 4.36. The third-order valence-corrected chi connectivity index (χ3v) is 4.08. The van der Waals surface area contributed by atoms with E-state index in [0.29, 0.717) is 18.0 Å². The van der Waals surface area contributed by atoms with Crippen LogP contribution in [0.1, 0.15) is 16.8 Å². The number of rotatable bonds is 4. The van der Waals surface area contributed by atoms with E-state index in [0.717, 1.165) is 18.8 Å². The molecule has 0 aromatic carbocycles. The van der Waals surface area contributed by atoms with Crippen molar-refractivity contribution in [2.45, 2.75) is 12.5 Å². The lowest BCUT2D eigenvalue weighted by atomic mass is 10.2. The van der Waals surface area contributed by atoms with Gasteiger partial charge in [-0.15, -0.1) is 0 Å². The van der Waals surface area contributed by atoms with Gasteiger partial charge in [-0.3, -0.25) is 9.78 Å². The van der Waals surface area contributed by atoms with Gasteiger partial charge in [0.25, 0.3) is 11.8 Å². The first-order chi connectivity index (χ1) is 11.2. The molecule has 0 bridgehead atoms. The first kappa shape index (κ1) is 15.2. The summed E-state index contributed by atoms with van der Waals surface area (Å²) in [5, 5.41) is 0. The normalized spacial score (nSPS) is 17.1. The second-order valence-corrected chi connectivity index (χ2v) is 5.44. The highest BCUT2D eigenvalue weighted by atomic mass is 16.5. The van der Waals surface area contributed by atoms with Crippen LogP contribution in [0.25, 0.3) is 0 Å². The van der Waals surface area contributed by atoms with Crippen molar-refractivity contribution in [1.29, 1.82) is 0 Å². The molecule has 3 rings (SSSR count). The fourth-order valence-corrected chi connectivity index (χ4v) is 2.79. The van der Waals surface area contributed by atoms with E-state index in [9.17, 15) is 4.79 Å². The third kappa shape index (κ3) is 3.08. The van der Waals surface area contributed by atoms with Crippen LogP contribution in [0, 0.1) is 0 Å². The molecule has 1 atom stereocenters. The van der Waals surface area contributed by atoms with Crippen molar-refractivity contribution in [2.75, 3.05) is 32.1 Å². The van der Waals surface area contributed by atoms with Crippen molar-refractivity contribution in [2.24, 2.45) is 0 Å². The van der Waals surface area contributed by atoms with Gasteiger partial charge in [-0.25, -0.2) is 9.97 Å². The maximum Gasteiger partial charge on any atom is 0.257 e. The second-order valence-electron chi connectivity index (χ2n) is 5.44. The number of carbonyl (C=O) groups is 1. The van der Waals surface area contributed by atoms with Gasteiger partial charge < -0.3 is 14.5 Å². The van der Waals surface area contributed by atoms with E-state index in [1.807, 2.05) is 7.05 Å². The van der Waals surface area contributed by atoms with Crippen molar-refractivity contribution in [1.82, 2.24) is 19.9 Å². The number of nitrogens with zero attached hydrogens (tertiary/aromatic N) is 5. The summed E-state index contributed by atoms with van der Waals surface area (Å²) in [4.78, 5) is 28.9. The zero-order valence-corrected chi connectivity index (χ0v) is 13.2. The molecule has 0 spiro atoms. The van der Waals surface area contributed by atoms with Crippen molar-refractivity contribution in [3.05, 3.63) is 42.5 Å². The second kappa shape index (κ2) is 6.60. The zero-order valence-electron chi connectivity index (χ0n) is 13.2. The van der Waals surface area contributed by atoms with Crippen molar-refractivity contribution < 1.29 is 9.53 Å². The van der Waals surface area contributed by atoms with Gasteiger partial charge in [0.05, 0.1) is 18.7 Å². The highest BCUT2D eigenvalue weighted by Gasteiger charge is 2.31. The summed E-state index contributed by atoms with van der Waals surface area (Å²) in [6, 6.07) is 3.67. The number of ether oxygens (including phenoxy) is 1. The largest absolute Gasteiger partial charge is 0.478 e. The Morgan fingerprint density at radius 3 is 2.91 bits per heavy atom. The van der Waals surface area contributed by atoms with Crippen molar-refractivity contribution in [3.63, 3.8) is 0 Å². The quantitative estimate of drug-likeness (QED) is 0.845. The van der Waals surface area contributed by atoms with Gasteiger partial charge in [0.15, 0.2) is 5.82 Å². The molecule has 0 saturated carbocycles. The Bertz CT molecular complexity index is 679. The molecule has 0 N–H and O–H groups in total. The minimum absolute atomic E-state index is 0.0175. The summed E-state index contributed by atoms with van der Waals surface area (Å²) in [7, 11) is 3.41. The van der Waals surface area contributed by atoms with E-state index in [4.69, 9.17) is 4.74 Å². The predicted octanol–water partition coefficient (Wildman–Crippen LogP) is 1.23. The standard InChI is InChI=1S/C16H19N5O2/c1-20(16(22)12-4-3-6-17-10-12)13-5-9-21(11-13)14-15(23-2)19-8-7-18-14/h3-4,6-8,10,13H,5,9,11H2,1-2H3/t13-/m1/s1. The minimum atomic E-state index is -0.0175. The minimum Gasteiger partial charge on any atom is -0.478 e. The van der Waals surface area contributed by atoms with E-state index in [1.165, 1.54) is 0 Å². The first-order valence-corrected chi connectivity index (χ1v) is 7.48. The van der Waals surface area contributed by atoms with Crippen LogP contribution in [0.5, 0.6) is 5.88 Å². The summed E-state index contributed by atoms with van der Waals surface area (Å²) in [6.45, 7) is 1.52. The monoisotopic (exact) mass is 313 g/mol. The number of likely N-dealkylation sites (N-methyl/N-ethyl adjacent to an activating group) is 1. The van der Waals surface area contributed by atoms with Crippen LogP contribution in [0.4, 0.5) is 5.82 Å². The molecule has 2 aromatic rings. The number of anilines is 1. The lowest BCUT2D eigenvalue weighted by Gasteiger charge is -2.25. The number of aromatic nitrogens is 3. The van der Waals surface area contributed by atoms with Crippen LogP contribution in [-0.4, -0.2) is 59.0 Å². The number of hydrogen-bond acceptors (Lipinski definition) is 6.